The zero-order valence-electron chi connectivity index (χ0n) is 8.69. The van der Waals surface area contributed by atoms with Crippen molar-refractivity contribution in [2.75, 3.05) is 6.61 Å². The highest BCUT2D eigenvalue weighted by atomic mass is 35.5. The minimum atomic E-state index is 0. The van der Waals surface area contributed by atoms with Crippen LogP contribution in [0.1, 0.15) is 19.4 Å². The predicted molar refractivity (Wildman–Crippen MR) is 61.9 cm³/mol. The highest BCUT2D eigenvalue weighted by molar-refractivity contribution is 5.85. The Labute approximate surface area is 91.9 Å². The van der Waals surface area contributed by atoms with Gasteiger partial charge in [0.05, 0.1) is 6.61 Å². The molecule has 0 saturated heterocycles. The van der Waals surface area contributed by atoms with Crippen LogP contribution in [0.4, 0.5) is 0 Å². The summed E-state index contributed by atoms with van der Waals surface area (Å²) in [5.74, 6) is 1.46. The van der Waals surface area contributed by atoms with Gasteiger partial charge in [0, 0.05) is 12.1 Å². The van der Waals surface area contributed by atoms with Crippen LogP contribution in [0.3, 0.4) is 0 Å². The molecule has 0 radical (unpaired) electrons. The number of rotatable bonds is 4. The Morgan fingerprint density at radius 1 is 1.29 bits per heavy atom. The van der Waals surface area contributed by atoms with Crippen molar-refractivity contribution in [3.63, 3.8) is 0 Å². The third-order valence-electron chi connectivity index (χ3n) is 1.76. The van der Waals surface area contributed by atoms with Crippen molar-refractivity contribution in [3.05, 3.63) is 29.8 Å². The second-order valence-corrected chi connectivity index (χ2v) is 3.52. The summed E-state index contributed by atoms with van der Waals surface area (Å²) in [6.07, 6.45) is 0. The molecule has 2 nitrogen and oxygen atoms in total. The highest BCUT2D eigenvalue weighted by Crippen LogP contribution is 2.17. The molecule has 2 N–H and O–H groups in total. The lowest BCUT2D eigenvalue weighted by Crippen LogP contribution is -2.07. The van der Waals surface area contributed by atoms with Crippen LogP contribution in [0.2, 0.25) is 0 Å². The third kappa shape index (κ3) is 3.99. The standard InChI is InChI=1S/C11H17NO.ClH/c1-9(2)8-13-11-6-4-3-5-10(11)7-12;/h3-6,9H,7-8,12H2,1-2H3;1H. The molecule has 1 aromatic carbocycles. The molecule has 80 valence electrons. The topological polar surface area (TPSA) is 35.2 Å². The molecule has 0 aliphatic heterocycles. The molecule has 1 aromatic rings. The van der Waals surface area contributed by atoms with E-state index in [1.807, 2.05) is 24.3 Å². The minimum absolute atomic E-state index is 0. The van der Waals surface area contributed by atoms with E-state index in [-0.39, 0.29) is 12.4 Å². The van der Waals surface area contributed by atoms with Crippen molar-refractivity contribution in [3.8, 4) is 5.75 Å². The van der Waals surface area contributed by atoms with E-state index in [4.69, 9.17) is 10.5 Å². The van der Waals surface area contributed by atoms with Crippen molar-refractivity contribution >= 4 is 12.4 Å². The van der Waals surface area contributed by atoms with E-state index < -0.39 is 0 Å². The smallest absolute Gasteiger partial charge is 0.123 e. The van der Waals surface area contributed by atoms with Crippen LogP contribution in [-0.4, -0.2) is 6.61 Å². The molecule has 0 fully saturated rings. The Bertz CT molecular complexity index is 263. The zero-order valence-corrected chi connectivity index (χ0v) is 9.51. The molecule has 0 aliphatic rings. The summed E-state index contributed by atoms with van der Waals surface area (Å²) in [4.78, 5) is 0. The Kier molecular flexibility index (Phi) is 6.34. The third-order valence-corrected chi connectivity index (χ3v) is 1.76. The van der Waals surface area contributed by atoms with Gasteiger partial charge in [-0.25, -0.2) is 0 Å². The maximum absolute atomic E-state index is 5.61. The summed E-state index contributed by atoms with van der Waals surface area (Å²) >= 11 is 0. The molecule has 0 bridgehead atoms. The first-order valence-corrected chi connectivity index (χ1v) is 4.64. The molecule has 0 heterocycles. The van der Waals surface area contributed by atoms with Gasteiger partial charge in [-0.1, -0.05) is 32.0 Å². The molecule has 1 rings (SSSR count). The lowest BCUT2D eigenvalue weighted by Gasteiger charge is -2.11. The Morgan fingerprint density at radius 2 is 1.93 bits per heavy atom. The first-order chi connectivity index (χ1) is 6.24. The summed E-state index contributed by atoms with van der Waals surface area (Å²) in [6, 6.07) is 7.90. The fraction of sp³-hybridized carbons (Fsp3) is 0.455. The zero-order chi connectivity index (χ0) is 9.68. The van der Waals surface area contributed by atoms with Gasteiger partial charge < -0.3 is 10.5 Å². The first kappa shape index (κ1) is 13.3. The van der Waals surface area contributed by atoms with Gasteiger partial charge in [-0.05, 0) is 12.0 Å². The molecule has 0 atom stereocenters. The molecule has 0 spiro atoms. The van der Waals surface area contributed by atoms with Crippen molar-refractivity contribution in [2.45, 2.75) is 20.4 Å². The maximum atomic E-state index is 5.61. The van der Waals surface area contributed by atoms with Crippen LogP contribution < -0.4 is 10.5 Å². The number of nitrogens with two attached hydrogens (primary N) is 1. The van der Waals surface area contributed by atoms with E-state index in [0.717, 1.165) is 17.9 Å². The number of para-hydroxylation sites is 1. The minimum Gasteiger partial charge on any atom is -0.493 e. The van der Waals surface area contributed by atoms with E-state index in [9.17, 15) is 0 Å². The van der Waals surface area contributed by atoms with Gasteiger partial charge in [-0.2, -0.15) is 0 Å². The number of hydrogen-bond acceptors (Lipinski definition) is 2. The van der Waals surface area contributed by atoms with E-state index in [1.165, 1.54) is 0 Å². The van der Waals surface area contributed by atoms with Gasteiger partial charge in [0.2, 0.25) is 0 Å². The second-order valence-electron chi connectivity index (χ2n) is 3.52. The molecule has 0 aromatic heterocycles. The summed E-state index contributed by atoms with van der Waals surface area (Å²) in [5.41, 5.74) is 6.65. The van der Waals surface area contributed by atoms with Gasteiger partial charge in [0.15, 0.2) is 0 Å². The molecule has 0 amide bonds. The molecule has 0 aliphatic carbocycles. The molecule has 0 saturated carbocycles. The number of ether oxygens (including phenoxy) is 1. The molecular formula is C11H18ClNO. The second kappa shape index (κ2) is 6.68. The fourth-order valence-electron chi connectivity index (χ4n) is 1.07. The summed E-state index contributed by atoms with van der Waals surface area (Å²) in [5, 5.41) is 0. The average Bonchev–Trinajstić information content (AvgIpc) is 2.15. The number of hydrogen-bond donors (Lipinski definition) is 1. The Morgan fingerprint density at radius 3 is 2.50 bits per heavy atom. The molecular weight excluding hydrogens is 198 g/mol. The van der Waals surface area contributed by atoms with Crippen molar-refractivity contribution in [1.82, 2.24) is 0 Å². The normalized spacial score (nSPS) is 9.71. The van der Waals surface area contributed by atoms with E-state index in [0.29, 0.717) is 12.5 Å². The van der Waals surface area contributed by atoms with Crippen LogP contribution >= 0.6 is 12.4 Å². The van der Waals surface area contributed by atoms with Crippen LogP contribution in [0, 0.1) is 5.92 Å². The van der Waals surface area contributed by atoms with E-state index in [1.54, 1.807) is 0 Å². The fourth-order valence-corrected chi connectivity index (χ4v) is 1.07. The van der Waals surface area contributed by atoms with Crippen LogP contribution in [0.15, 0.2) is 24.3 Å². The average molecular weight is 216 g/mol. The quantitative estimate of drug-likeness (QED) is 0.838. The van der Waals surface area contributed by atoms with E-state index in [2.05, 4.69) is 13.8 Å². The summed E-state index contributed by atoms with van der Waals surface area (Å²) in [7, 11) is 0. The highest BCUT2D eigenvalue weighted by Gasteiger charge is 2.01. The number of halogens is 1. The summed E-state index contributed by atoms with van der Waals surface area (Å²) < 4.78 is 5.61. The van der Waals surface area contributed by atoms with Crippen LogP contribution in [-0.2, 0) is 6.54 Å². The predicted octanol–water partition coefficient (Wildman–Crippen LogP) is 2.60. The monoisotopic (exact) mass is 215 g/mol. The van der Waals surface area contributed by atoms with Crippen molar-refractivity contribution < 1.29 is 4.74 Å². The Hall–Kier alpha value is -0.730. The number of benzene rings is 1. The van der Waals surface area contributed by atoms with Gasteiger partial charge in [0.1, 0.15) is 5.75 Å². The van der Waals surface area contributed by atoms with Gasteiger partial charge in [0.25, 0.3) is 0 Å². The molecule has 3 heteroatoms. The van der Waals surface area contributed by atoms with E-state index >= 15 is 0 Å². The lowest BCUT2D eigenvalue weighted by atomic mass is 10.2. The first-order valence-electron chi connectivity index (χ1n) is 4.64. The summed E-state index contributed by atoms with van der Waals surface area (Å²) in [6.45, 7) is 5.54. The lowest BCUT2D eigenvalue weighted by molar-refractivity contribution is 0.268. The maximum Gasteiger partial charge on any atom is 0.123 e. The van der Waals surface area contributed by atoms with Gasteiger partial charge in [-0.15, -0.1) is 12.4 Å². The van der Waals surface area contributed by atoms with Gasteiger partial charge >= 0.3 is 0 Å². The SMILES string of the molecule is CC(C)COc1ccccc1CN.Cl. The van der Waals surface area contributed by atoms with Crippen LogP contribution in [0.25, 0.3) is 0 Å². The molecule has 14 heavy (non-hydrogen) atoms. The van der Waals surface area contributed by atoms with Gasteiger partial charge in [-0.3, -0.25) is 0 Å². The van der Waals surface area contributed by atoms with Crippen molar-refractivity contribution in [1.29, 1.82) is 0 Å². The molecule has 0 unspecified atom stereocenters. The van der Waals surface area contributed by atoms with Crippen LogP contribution in [0.5, 0.6) is 5.75 Å². The van der Waals surface area contributed by atoms with Crippen molar-refractivity contribution in [2.24, 2.45) is 11.7 Å². The largest absolute Gasteiger partial charge is 0.493 e. The Balaban J connectivity index is 0.00000169.